The Morgan fingerprint density at radius 2 is 2.18 bits per heavy atom. The van der Waals surface area contributed by atoms with Crippen molar-refractivity contribution in [2.75, 3.05) is 0 Å². The second-order valence-corrected chi connectivity index (χ2v) is 4.56. The van der Waals surface area contributed by atoms with Crippen molar-refractivity contribution in [2.45, 2.75) is 18.3 Å². The molecule has 0 spiro atoms. The third-order valence-corrected chi connectivity index (χ3v) is 2.84. The van der Waals surface area contributed by atoms with Gasteiger partial charge in [-0.3, -0.25) is 4.55 Å². The van der Waals surface area contributed by atoms with E-state index in [0.717, 1.165) is 12.3 Å². The largest absolute Gasteiger partial charge is 0.457 e. The summed E-state index contributed by atoms with van der Waals surface area (Å²) in [5.74, 6) is -1.62. The van der Waals surface area contributed by atoms with Crippen molar-refractivity contribution < 1.29 is 35.7 Å². The lowest BCUT2D eigenvalue weighted by molar-refractivity contribution is -0.0564. The summed E-state index contributed by atoms with van der Waals surface area (Å²) in [4.78, 5) is 11.2. The summed E-state index contributed by atoms with van der Waals surface area (Å²) >= 11 is 0. The van der Waals surface area contributed by atoms with E-state index in [4.69, 9.17) is 4.55 Å². The fourth-order valence-corrected chi connectivity index (χ4v) is 1.36. The van der Waals surface area contributed by atoms with E-state index in [2.05, 4.69) is 9.15 Å². The van der Waals surface area contributed by atoms with Crippen LogP contribution in [0.3, 0.4) is 0 Å². The average molecular weight is 270 g/mol. The minimum absolute atomic E-state index is 0.358. The Balaban J connectivity index is 2.80. The molecular weight excluding hydrogens is 262 g/mol. The van der Waals surface area contributed by atoms with Gasteiger partial charge < -0.3 is 9.15 Å². The molecule has 1 rings (SSSR count). The Morgan fingerprint density at radius 1 is 1.59 bits per heavy atom. The van der Waals surface area contributed by atoms with Gasteiger partial charge in [-0.2, -0.15) is 17.2 Å². The SMILES string of the molecule is CC(OC(=O)c1ccco1)C(F)(F)S(=O)(=O)O. The summed E-state index contributed by atoms with van der Waals surface area (Å²) < 4.78 is 63.7. The van der Waals surface area contributed by atoms with Crippen LogP contribution in [0, 0.1) is 0 Å². The minimum atomic E-state index is -5.66. The number of carbonyl (C=O) groups is 1. The molecule has 1 atom stereocenters. The molecule has 1 N–H and O–H groups in total. The molecule has 1 heterocycles. The van der Waals surface area contributed by atoms with E-state index in [0.29, 0.717) is 6.92 Å². The normalized spacial score (nSPS) is 14.4. The van der Waals surface area contributed by atoms with Crippen LogP contribution >= 0.6 is 0 Å². The van der Waals surface area contributed by atoms with Gasteiger partial charge in [0.25, 0.3) is 0 Å². The van der Waals surface area contributed by atoms with Crippen molar-refractivity contribution in [3.05, 3.63) is 24.2 Å². The van der Waals surface area contributed by atoms with E-state index in [9.17, 15) is 22.0 Å². The van der Waals surface area contributed by atoms with Crippen molar-refractivity contribution in [3.63, 3.8) is 0 Å². The Bertz CT molecular complexity index is 492. The molecule has 0 aromatic carbocycles. The van der Waals surface area contributed by atoms with Gasteiger partial charge in [0, 0.05) is 0 Å². The van der Waals surface area contributed by atoms with Crippen LogP contribution in [-0.4, -0.2) is 30.3 Å². The molecule has 0 radical (unpaired) electrons. The second kappa shape index (κ2) is 4.41. The molecule has 6 nitrogen and oxygen atoms in total. The molecule has 0 saturated heterocycles. The number of ether oxygens (including phenoxy) is 1. The van der Waals surface area contributed by atoms with E-state index in [1.807, 2.05) is 0 Å². The predicted molar refractivity (Wildman–Crippen MR) is 50.1 cm³/mol. The van der Waals surface area contributed by atoms with E-state index < -0.39 is 27.4 Å². The monoisotopic (exact) mass is 270 g/mol. The number of esters is 1. The summed E-state index contributed by atoms with van der Waals surface area (Å²) in [5.41, 5.74) is 0. The zero-order valence-corrected chi connectivity index (χ0v) is 9.28. The minimum Gasteiger partial charge on any atom is -0.457 e. The summed E-state index contributed by atoms with van der Waals surface area (Å²) in [6.07, 6.45) is -1.24. The molecule has 1 aromatic heterocycles. The second-order valence-electron chi connectivity index (χ2n) is 3.06. The molecule has 0 saturated carbocycles. The van der Waals surface area contributed by atoms with E-state index >= 15 is 0 Å². The first kappa shape index (κ1) is 13.6. The maximum atomic E-state index is 13.0. The van der Waals surface area contributed by atoms with Gasteiger partial charge in [0.15, 0.2) is 6.10 Å². The van der Waals surface area contributed by atoms with Gasteiger partial charge in [0.05, 0.1) is 6.26 Å². The zero-order valence-electron chi connectivity index (χ0n) is 8.46. The topological polar surface area (TPSA) is 93.8 Å². The maximum absolute atomic E-state index is 13.0. The van der Waals surface area contributed by atoms with Crippen LogP contribution in [0.1, 0.15) is 17.5 Å². The van der Waals surface area contributed by atoms with Crippen LogP contribution in [0.15, 0.2) is 22.8 Å². The lowest BCUT2D eigenvalue weighted by atomic mass is 10.4. The summed E-state index contributed by atoms with van der Waals surface area (Å²) in [6.45, 7) is 0.634. The van der Waals surface area contributed by atoms with Gasteiger partial charge >= 0.3 is 21.3 Å². The standard InChI is InChI=1S/C8H8F2O6S/c1-5(8(9,10)17(12,13)14)16-7(11)6-3-2-4-15-6/h2-5H,1H3,(H,12,13,14). The Hall–Kier alpha value is -1.48. The van der Waals surface area contributed by atoms with Gasteiger partial charge in [-0.1, -0.05) is 0 Å². The van der Waals surface area contributed by atoms with Crippen molar-refractivity contribution >= 4 is 16.1 Å². The number of hydrogen-bond donors (Lipinski definition) is 1. The summed E-state index contributed by atoms with van der Waals surface area (Å²) in [5, 5.41) is -4.59. The van der Waals surface area contributed by atoms with Crippen molar-refractivity contribution in [1.29, 1.82) is 0 Å². The first-order valence-electron chi connectivity index (χ1n) is 4.25. The molecule has 0 aliphatic heterocycles. The Morgan fingerprint density at radius 3 is 2.59 bits per heavy atom. The fraction of sp³-hybridized carbons (Fsp3) is 0.375. The van der Waals surface area contributed by atoms with Crippen LogP contribution in [0.25, 0.3) is 0 Å². The van der Waals surface area contributed by atoms with Gasteiger partial charge in [0.1, 0.15) is 0 Å². The highest BCUT2D eigenvalue weighted by Crippen LogP contribution is 2.27. The molecule has 0 aliphatic rings. The number of hydrogen-bond acceptors (Lipinski definition) is 5. The molecule has 17 heavy (non-hydrogen) atoms. The molecule has 1 unspecified atom stereocenters. The highest BCUT2D eigenvalue weighted by Gasteiger charge is 2.52. The van der Waals surface area contributed by atoms with Gasteiger partial charge in [-0.15, -0.1) is 0 Å². The molecule has 96 valence electrons. The molecule has 0 aliphatic carbocycles. The van der Waals surface area contributed by atoms with Crippen LogP contribution in [0.2, 0.25) is 0 Å². The number of alkyl halides is 2. The number of carbonyl (C=O) groups excluding carboxylic acids is 1. The first-order valence-corrected chi connectivity index (χ1v) is 5.69. The van der Waals surface area contributed by atoms with Gasteiger partial charge in [-0.25, -0.2) is 4.79 Å². The van der Waals surface area contributed by atoms with Gasteiger partial charge in [0.2, 0.25) is 5.76 Å². The molecular formula is C8H8F2O6S. The molecule has 0 amide bonds. The third-order valence-electron chi connectivity index (χ3n) is 1.82. The van der Waals surface area contributed by atoms with Crippen LogP contribution in [0.4, 0.5) is 8.78 Å². The quantitative estimate of drug-likeness (QED) is 0.654. The summed E-state index contributed by atoms with van der Waals surface area (Å²) in [6, 6.07) is 2.48. The molecule has 1 aromatic rings. The third kappa shape index (κ3) is 2.80. The predicted octanol–water partition coefficient (Wildman–Crippen LogP) is 1.31. The zero-order chi connectivity index (χ0) is 13.3. The van der Waals surface area contributed by atoms with Crippen molar-refractivity contribution in [2.24, 2.45) is 0 Å². The van der Waals surface area contributed by atoms with E-state index in [1.165, 1.54) is 6.07 Å². The fourth-order valence-electron chi connectivity index (χ4n) is 0.892. The Labute approximate surface area is 94.9 Å². The number of furan rings is 1. The average Bonchev–Trinajstić information content (AvgIpc) is 2.68. The molecule has 9 heteroatoms. The molecule has 0 bridgehead atoms. The Kier molecular flexibility index (Phi) is 3.53. The first-order chi connectivity index (χ1) is 7.66. The maximum Gasteiger partial charge on any atom is 0.405 e. The number of halogens is 2. The number of rotatable bonds is 4. The van der Waals surface area contributed by atoms with Crippen LogP contribution < -0.4 is 0 Å². The van der Waals surface area contributed by atoms with Gasteiger partial charge in [-0.05, 0) is 19.1 Å². The van der Waals surface area contributed by atoms with Crippen molar-refractivity contribution in [3.8, 4) is 0 Å². The lowest BCUT2D eigenvalue weighted by Crippen LogP contribution is -2.41. The van der Waals surface area contributed by atoms with Crippen LogP contribution in [-0.2, 0) is 14.9 Å². The van der Waals surface area contributed by atoms with Crippen LogP contribution in [0.5, 0.6) is 0 Å². The summed E-state index contributed by atoms with van der Waals surface area (Å²) in [7, 11) is -5.66. The van der Waals surface area contributed by atoms with E-state index in [1.54, 1.807) is 0 Å². The van der Waals surface area contributed by atoms with Crippen molar-refractivity contribution in [1.82, 2.24) is 0 Å². The highest BCUT2D eigenvalue weighted by atomic mass is 32.2. The molecule has 0 fully saturated rings. The lowest BCUT2D eigenvalue weighted by Gasteiger charge is -2.20. The smallest absolute Gasteiger partial charge is 0.405 e. The highest BCUT2D eigenvalue weighted by molar-refractivity contribution is 7.86. The van der Waals surface area contributed by atoms with E-state index in [-0.39, 0.29) is 5.76 Å².